The fourth-order valence-electron chi connectivity index (χ4n) is 2.98. The third-order valence-corrected chi connectivity index (χ3v) is 9.29. The lowest BCUT2D eigenvalue weighted by molar-refractivity contribution is 0.103. The molecule has 1 atom stereocenters. The quantitative estimate of drug-likeness (QED) is 0.550. The fraction of sp³-hybridized carbons (Fsp3) is 0.167. The Hall–Kier alpha value is -1.65. The van der Waals surface area contributed by atoms with Crippen molar-refractivity contribution in [1.29, 1.82) is 0 Å². The number of hydrogen-bond acceptors (Lipinski definition) is 7. The minimum atomic E-state index is -3.31. The van der Waals surface area contributed by atoms with Gasteiger partial charge in [-0.15, -0.1) is 11.3 Å². The number of aromatic nitrogens is 2. The van der Waals surface area contributed by atoms with Gasteiger partial charge in [-0.3, -0.25) is 9.78 Å². The maximum atomic E-state index is 12.6. The minimum absolute atomic E-state index is 0.0485. The van der Waals surface area contributed by atoms with Gasteiger partial charge in [0.1, 0.15) is 4.88 Å². The summed E-state index contributed by atoms with van der Waals surface area (Å²) in [6.07, 6.45) is 4.43. The van der Waals surface area contributed by atoms with Crippen LogP contribution in [0, 0.1) is 0 Å². The molecule has 11 heteroatoms. The van der Waals surface area contributed by atoms with E-state index in [1.807, 2.05) is 6.92 Å². The molecule has 1 amide bonds. The lowest BCUT2D eigenvalue weighted by Crippen LogP contribution is -2.10. The molecule has 3 aromatic rings. The summed E-state index contributed by atoms with van der Waals surface area (Å²) < 4.78 is 25.1. The molecule has 150 valence electrons. The Morgan fingerprint density at radius 3 is 2.69 bits per heavy atom. The van der Waals surface area contributed by atoms with E-state index >= 15 is 0 Å². The predicted molar refractivity (Wildman–Crippen MR) is 115 cm³/mol. The second-order valence-corrected chi connectivity index (χ2v) is 11.5. The van der Waals surface area contributed by atoms with Crippen molar-refractivity contribution in [2.24, 2.45) is 0 Å². The van der Waals surface area contributed by atoms with Crippen molar-refractivity contribution in [2.45, 2.75) is 27.0 Å². The first-order chi connectivity index (χ1) is 13.7. The van der Waals surface area contributed by atoms with Crippen molar-refractivity contribution in [2.75, 3.05) is 11.1 Å². The largest absolute Gasteiger partial charge is 0.321 e. The second kappa shape index (κ2) is 7.88. The molecule has 0 spiro atoms. The van der Waals surface area contributed by atoms with Crippen molar-refractivity contribution < 1.29 is 13.2 Å². The molecule has 0 aliphatic carbocycles. The molecule has 1 N–H and O–H groups in total. The second-order valence-electron chi connectivity index (χ2n) is 6.41. The van der Waals surface area contributed by atoms with Gasteiger partial charge in [0.05, 0.1) is 31.8 Å². The van der Waals surface area contributed by atoms with Crippen LogP contribution < -0.4 is 5.32 Å². The van der Waals surface area contributed by atoms with Gasteiger partial charge >= 0.3 is 0 Å². The Morgan fingerprint density at radius 1 is 1.24 bits per heavy atom. The van der Waals surface area contributed by atoms with Gasteiger partial charge in [0, 0.05) is 18.1 Å². The molecule has 4 rings (SSSR count). The number of benzene rings is 1. The van der Waals surface area contributed by atoms with Gasteiger partial charge in [0.25, 0.3) is 5.91 Å². The predicted octanol–water partition coefficient (Wildman–Crippen LogP) is 5.14. The van der Waals surface area contributed by atoms with Gasteiger partial charge in [0.2, 0.25) is 0 Å². The number of amides is 1. The number of thiazole rings is 1. The van der Waals surface area contributed by atoms with E-state index in [9.17, 15) is 13.2 Å². The summed E-state index contributed by atoms with van der Waals surface area (Å²) in [5, 5.41) is 3.54. The Labute approximate surface area is 185 Å². The standard InChI is InChI=1S/C18H13Cl2N3O3S3/c1-9-8-29(25,26)15-4-10(2-3-11(9)15)23-17(24)14-7-22-18(27-14)28-16-12(19)5-21-6-13(16)20/h2-7,9H,8H2,1H3,(H,23,24). The van der Waals surface area contributed by atoms with Crippen molar-refractivity contribution in [3.8, 4) is 0 Å². The Kier molecular flexibility index (Phi) is 5.60. The number of sulfone groups is 1. The minimum Gasteiger partial charge on any atom is -0.321 e. The molecule has 0 bridgehead atoms. The molecule has 2 aromatic heterocycles. The highest BCUT2D eigenvalue weighted by atomic mass is 35.5. The van der Waals surface area contributed by atoms with Crippen LogP contribution in [0.2, 0.25) is 10.0 Å². The number of nitrogens with one attached hydrogen (secondary N) is 1. The van der Waals surface area contributed by atoms with Crippen LogP contribution >= 0.6 is 46.3 Å². The smallest absolute Gasteiger partial charge is 0.267 e. The zero-order valence-electron chi connectivity index (χ0n) is 14.8. The van der Waals surface area contributed by atoms with Gasteiger partial charge < -0.3 is 5.32 Å². The van der Waals surface area contributed by atoms with Crippen LogP contribution in [-0.2, 0) is 9.84 Å². The van der Waals surface area contributed by atoms with Crippen molar-refractivity contribution in [3.05, 3.63) is 57.3 Å². The number of rotatable bonds is 4. The summed E-state index contributed by atoms with van der Waals surface area (Å²) in [5.41, 5.74) is 1.21. The van der Waals surface area contributed by atoms with Gasteiger partial charge in [-0.25, -0.2) is 13.4 Å². The van der Waals surface area contributed by atoms with Crippen molar-refractivity contribution >= 4 is 67.7 Å². The summed E-state index contributed by atoms with van der Waals surface area (Å²) >= 11 is 14.7. The molecule has 1 aliphatic rings. The van der Waals surface area contributed by atoms with E-state index in [2.05, 4.69) is 15.3 Å². The summed E-state index contributed by atoms with van der Waals surface area (Å²) in [5.74, 6) is -0.327. The van der Waals surface area contributed by atoms with E-state index < -0.39 is 9.84 Å². The average Bonchev–Trinajstić information content (AvgIpc) is 3.21. The van der Waals surface area contributed by atoms with Gasteiger partial charge in [-0.2, -0.15) is 0 Å². The summed E-state index contributed by atoms with van der Waals surface area (Å²) in [6.45, 7) is 1.87. The number of fused-ring (bicyclic) bond motifs is 1. The number of anilines is 1. The lowest BCUT2D eigenvalue weighted by Gasteiger charge is -2.07. The zero-order valence-corrected chi connectivity index (χ0v) is 18.8. The normalized spacial score (nSPS) is 17.1. The summed E-state index contributed by atoms with van der Waals surface area (Å²) in [6, 6.07) is 4.97. The lowest BCUT2D eigenvalue weighted by atomic mass is 10.0. The SMILES string of the molecule is CC1CS(=O)(=O)c2cc(NC(=O)c3cnc(Sc4c(Cl)cncc4Cl)s3)ccc21. The number of carbonyl (C=O) groups is 1. The Bertz CT molecular complexity index is 1210. The highest BCUT2D eigenvalue weighted by Crippen LogP contribution is 2.40. The number of hydrogen-bond donors (Lipinski definition) is 1. The van der Waals surface area contributed by atoms with E-state index in [4.69, 9.17) is 23.2 Å². The molecule has 3 heterocycles. The number of carbonyl (C=O) groups excluding carboxylic acids is 1. The molecule has 0 fully saturated rings. The van der Waals surface area contributed by atoms with Crippen LogP contribution in [0.3, 0.4) is 0 Å². The average molecular weight is 486 g/mol. The maximum absolute atomic E-state index is 12.6. The zero-order chi connectivity index (χ0) is 20.8. The first-order valence-corrected chi connectivity index (χ1v) is 12.4. The molecule has 1 unspecified atom stereocenters. The van der Waals surface area contributed by atoms with Crippen LogP contribution in [0.15, 0.2) is 50.9 Å². The first kappa shape index (κ1) is 20.6. The van der Waals surface area contributed by atoms with E-state index in [-0.39, 0.29) is 22.5 Å². The van der Waals surface area contributed by atoms with Crippen LogP contribution in [0.4, 0.5) is 5.69 Å². The van der Waals surface area contributed by atoms with E-state index in [1.165, 1.54) is 47.8 Å². The third kappa shape index (κ3) is 4.15. The first-order valence-electron chi connectivity index (χ1n) is 8.35. The van der Waals surface area contributed by atoms with Gasteiger partial charge in [-0.1, -0.05) is 48.0 Å². The van der Waals surface area contributed by atoms with E-state index in [0.717, 1.165) is 5.56 Å². The molecule has 1 aliphatic heterocycles. The monoisotopic (exact) mass is 485 g/mol. The Balaban J connectivity index is 1.52. The van der Waals surface area contributed by atoms with E-state index in [1.54, 1.807) is 12.1 Å². The van der Waals surface area contributed by atoms with Crippen LogP contribution in [0.1, 0.15) is 28.1 Å². The molecule has 1 aromatic carbocycles. The summed E-state index contributed by atoms with van der Waals surface area (Å²) in [7, 11) is -3.31. The van der Waals surface area contributed by atoms with Crippen molar-refractivity contribution in [1.82, 2.24) is 9.97 Å². The highest BCUT2D eigenvalue weighted by Gasteiger charge is 2.32. The maximum Gasteiger partial charge on any atom is 0.267 e. The molecule has 0 saturated carbocycles. The fourth-order valence-corrected chi connectivity index (χ4v) is 7.34. The molecule has 6 nitrogen and oxygen atoms in total. The number of pyridine rings is 1. The summed E-state index contributed by atoms with van der Waals surface area (Å²) in [4.78, 5) is 22.0. The van der Waals surface area contributed by atoms with E-state index in [0.29, 0.717) is 29.8 Å². The van der Waals surface area contributed by atoms with Crippen LogP contribution in [0.25, 0.3) is 0 Å². The van der Waals surface area contributed by atoms with Crippen LogP contribution in [0.5, 0.6) is 0 Å². The number of halogens is 2. The van der Waals surface area contributed by atoms with Gasteiger partial charge in [-0.05, 0) is 23.6 Å². The molecule has 0 saturated heterocycles. The third-order valence-electron chi connectivity index (χ3n) is 4.31. The number of nitrogens with zero attached hydrogens (tertiary/aromatic N) is 2. The van der Waals surface area contributed by atoms with Crippen LogP contribution in [-0.4, -0.2) is 30.0 Å². The van der Waals surface area contributed by atoms with Crippen molar-refractivity contribution in [3.63, 3.8) is 0 Å². The molecule has 29 heavy (non-hydrogen) atoms. The molecular formula is C18H13Cl2N3O3S3. The Morgan fingerprint density at radius 2 is 1.97 bits per heavy atom. The topological polar surface area (TPSA) is 89.0 Å². The van der Waals surface area contributed by atoms with Gasteiger partial charge in [0.15, 0.2) is 14.2 Å². The molecule has 0 radical (unpaired) electrons. The molecular weight excluding hydrogens is 473 g/mol. The highest BCUT2D eigenvalue weighted by molar-refractivity contribution is 8.01.